The Hall–Kier alpha value is -2.03. The van der Waals surface area contributed by atoms with E-state index in [1.807, 2.05) is 0 Å². The predicted molar refractivity (Wildman–Crippen MR) is 93.0 cm³/mol. The molecule has 1 saturated heterocycles. The minimum atomic E-state index is -1.01. The molecule has 0 aromatic rings. The van der Waals surface area contributed by atoms with Crippen LogP contribution >= 0.6 is 0 Å². The maximum atomic E-state index is 12.5. The van der Waals surface area contributed by atoms with Crippen LogP contribution < -0.4 is 5.32 Å². The van der Waals surface area contributed by atoms with Crippen LogP contribution in [0.2, 0.25) is 0 Å². The summed E-state index contributed by atoms with van der Waals surface area (Å²) in [6.45, 7) is 10.7. The Bertz CT molecular complexity index is 522. The molecule has 0 bridgehead atoms. The van der Waals surface area contributed by atoms with Crippen LogP contribution in [0.15, 0.2) is 0 Å². The van der Waals surface area contributed by atoms with Crippen molar-refractivity contribution in [1.82, 2.24) is 10.2 Å². The second kappa shape index (κ2) is 8.57. The average Bonchev–Trinajstić information content (AvgIpc) is 2.41. The molecule has 2 amide bonds. The molecule has 0 aliphatic carbocycles. The summed E-state index contributed by atoms with van der Waals surface area (Å²) in [5.41, 5.74) is -1.33. The van der Waals surface area contributed by atoms with Crippen molar-refractivity contribution in [2.24, 2.45) is 0 Å². The number of hydrogen-bond donors (Lipinski definition) is 2. The molecule has 0 saturated carbocycles. The van der Waals surface area contributed by atoms with Gasteiger partial charge >= 0.3 is 18.2 Å². The van der Waals surface area contributed by atoms with E-state index in [4.69, 9.17) is 19.3 Å². The minimum absolute atomic E-state index is 0.0713. The fraction of sp³-hybridized carbons (Fsp3) is 0.824. The Morgan fingerprint density at radius 3 is 2.19 bits per heavy atom. The van der Waals surface area contributed by atoms with Crippen LogP contribution in [0, 0.1) is 0 Å². The summed E-state index contributed by atoms with van der Waals surface area (Å²) in [4.78, 5) is 36.6. The number of rotatable bonds is 4. The fourth-order valence-electron chi connectivity index (χ4n) is 2.31. The number of amides is 2. The maximum absolute atomic E-state index is 12.5. The van der Waals surface area contributed by atoms with Gasteiger partial charge in [0.2, 0.25) is 0 Å². The quantitative estimate of drug-likeness (QED) is 0.773. The Balaban J connectivity index is 2.75. The van der Waals surface area contributed by atoms with E-state index in [0.29, 0.717) is 0 Å². The number of carboxylic acids is 1. The van der Waals surface area contributed by atoms with E-state index in [0.717, 1.165) is 0 Å². The number of carboxylic acid groups (broad SMARTS) is 1. The van der Waals surface area contributed by atoms with E-state index in [9.17, 15) is 14.4 Å². The third-order valence-corrected chi connectivity index (χ3v) is 3.28. The Labute approximate surface area is 154 Å². The second-order valence-electron chi connectivity index (χ2n) is 8.22. The van der Waals surface area contributed by atoms with Gasteiger partial charge in [0.1, 0.15) is 11.2 Å². The molecular weight excluding hydrogens is 344 g/mol. The van der Waals surface area contributed by atoms with Gasteiger partial charge in [-0.25, -0.2) is 9.59 Å². The van der Waals surface area contributed by atoms with E-state index in [-0.39, 0.29) is 26.1 Å². The van der Waals surface area contributed by atoms with Gasteiger partial charge in [-0.1, -0.05) is 0 Å². The van der Waals surface area contributed by atoms with Crippen molar-refractivity contribution in [2.75, 3.05) is 19.7 Å². The summed E-state index contributed by atoms with van der Waals surface area (Å²) in [6.07, 6.45) is -2.02. The maximum Gasteiger partial charge on any atom is 0.410 e. The number of nitrogens with zero attached hydrogens (tertiary/aromatic N) is 1. The predicted octanol–water partition coefficient (Wildman–Crippen LogP) is 1.99. The molecule has 1 rings (SSSR count). The number of ether oxygens (including phenoxy) is 3. The van der Waals surface area contributed by atoms with Crippen LogP contribution in [-0.4, -0.2) is 71.2 Å². The molecule has 150 valence electrons. The number of carbonyl (C=O) groups is 3. The molecule has 2 N–H and O–H groups in total. The van der Waals surface area contributed by atoms with Gasteiger partial charge in [-0.05, 0) is 41.5 Å². The molecule has 9 nitrogen and oxygen atoms in total. The van der Waals surface area contributed by atoms with Crippen molar-refractivity contribution < 1.29 is 33.7 Å². The van der Waals surface area contributed by atoms with E-state index < -0.39 is 41.5 Å². The monoisotopic (exact) mass is 374 g/mol. The highest BCUT2D eigenvalue weighted by Crippen LogP contribution is 2.18. The van der Waals surface area contributed by atoms with Gasteiger partial charge in [-0.15, -0.1) is 0 Å². The summed E-state index contributed by atoms with van der Waals surface area (Å²) in [5, 5.41) is 11.5. The molecular formula is C17H30N2O7. The van der Waals surface area contributed by atoms with E-state index in [1.165, 1.54) is 4.90 Å². The van der Waals surface area contributed by atoms with Gasteiger partial charge in [0.25, 0.3) is 0 Å². The molecule has 2 atom stereocenters. The smallest absolute Gasteiger partial charge is 0.410 e. The van der Waals surface area contributed by atoms with Gasteiger partial charge in [0.05, 0.1) is 31.7 Å². The van der Waals surface area contributed by atoms with E-state index in [1.54, 1.807) is 41.5 Å². The molecule has 1 aliphatic heterocycles. The zero-order valence-electron chi connectivity index (χ0n) is 16.3. The first kappa shape index (κ1) is 22.0. The second-order valence-corrected chi connectivity index (χ2v) is 8.22. The highest BCUT2D eigenvalue weighted by molar-refractivity contribution is 5.71. The summed E-state index contributed by atoms with van der Waals surface area (Å²) in [7, 11) is 0. The normalized spacial score (nSPS) is 21.1. The van der Waals surface area contributed by atoms with Gasteiger partial charge in [0.15, 0.2) is 0 Å². The first-order chi connectivity index (χ1) is 11.8. The molecule has 2 unspecified atom stereocenters. The van der Waals surface area contributed by atoms with E-state index >= 15 is 0 Å². The van der Waals surface area contributed by atoms with Gasteiger partial charge in [-0.2, -0.15) is 0 Å². The Morgan fingerprint density at radius 2 is 1.69 bits per heavy atom. The molecule has 1 aliphatic rings. The standard InChI is InChI=1S/C17H30N2O7/c1-16(2,3)25-14(22)18-8-11-10-24-12(7-13(20)21)9-19(11)15(23)26-17(4,5)6/h11-12H,7-10H2,1-6H3,(H,18,22)(H,20,21). The first-order valence-corrected chi connectivity index (χ1v) is 8.56. The lowest BCUT2D eigenvalue weighted by Crippen LogP contribution is -2.57. The first-order valence-electron chi connectivity index (χ1n) is 8.56. The largest absolute Gasteiger partial charge is 0.481 e. The van der Waals surface area contributed by atoms with Crippen LogP contribution in [0.5, 0.6) is 0 Å². The van der Waals surface area contributed by atoms with Crippen molar-refractivity contribution in [2.45, 2.75) is 71.3 Å². The number of morpholine rings is 1. The van der Waals surface area contributed by atoms with Gasteiger partial charge in [-0.3, -0.25) is 9.69 Å². The summed E-state index contributed by atoms with van der Waals surface area (Å²) in [6, 6.07) is -0.484. The van der Waals surface area contributed by atoms with Crippen LogP contribution in [0.4, 0.5) is 9.59 Å². The van der Waals surface area contributed by atoms with E-state index in [2.05, 4.69) is 5.32 Å². The molecule has 1 fully saturated rings. The Morgan fingerprint density at radius 1 is 1.12 bits per heavy atom. The topological polar surface area (TPSA) is 114 Å². The minimum Gasteiger partial charge on any atom is -0.481 e. The van der Waals surface area contributed by atoms with Crippen LogP contribution in [-0.2, 0) is 19.0 Å². The summed E-state index contributed by atoms with van der Waals surface area (Å²) in [5.74, 6) is -1.01. The molecule has 26 heavy (non-hydrogen) atoms. The molecule has 0 radical (unpaired) electrons. The fourth-order valence-corrected chi connectivity index (χ4v) is 2.31. The van der Waals surface area contributed by atoms with Crippen LogP contribution in [0.3, 0.4) is 0 Å². The molecule has 1 heterocycles. The third kappa shape index (κ3) is 8.37. The molecule has 0 spiro atoms. The van der Waals surface area contributed by atoms with Crippen molar-refractivity contribution in [3.63, 3.8) is 0 Å². The summed E-state index contributed by atoms with van der Waals surface area (Å²) < 4.78 is 16.1. The number of aliphatic carboxylic acids is 1. The number of alkyl carbamates (subject to hydrolysis) is 1. The van der Waals surface area contributed by atoms with Gasteiger partial charge < -0.3 is 24.6 Å². The molecule has 0 aromatic heterocycles. The van der Waals surface area contributed by atoms with Crippen molar-refractivity contribution in [3.05, 3.63) is 0 Å². The highest BCUT2D eigenvalue weighted by atomic mass is 16.6. The highest BCUT2D eigenvalue weighted by Gasteiger charge is 2.36. The molecule has 9 heteroatoms. The Kier molecular flexibility index (Phi) is 7.25. The zero-order chi connectivity index (χ0) is 20.1. The lowest BCUT2D eigenvalue weighted by atomic mass is 10.1. The third-order valence-electron chi connectivity index (χ3n) is 3.28. The summed E-state index contributed by atoms with van der Waals surface area (Å²) >= 11 is 0. The average molecular weight is 374 g/mol. The van der Waals surface area contributed by atoms with Crippen LogP contribution in [0.25, 0.3) is 0 Å². The lowest BCUT2D eigenvalue weighted by Gasteiger charge is -2.39. The SMILES string of the molecule is CC(C)(C)OC(=O)NCC1COC(CC(=O)O)CN1C(=O)OC(C)(C)C. The molecule has 0 aromatic carbocycles. The van der Waals surface area contributed by atoms with Crippen molar-refractivity contribution >= 4 is 18.2 Å². The number of hydrogen-bond acceptors (Lipinski definition) is 6. The van der Waals surface area contributed by atoms with Gasteiger partial charge in [0, 0.05) is 6.54 Å². The van der Waals surface area contributed by atoms with Crippen molar-refractivity contribution in [3.8, 4) is 0 Å². The van der Waals surface area contributed by atoms with Crippen LogP contribution in [0.1, 0.15) is 48.0 Å². The zero-order valence-corrected chi connectivity index (χ0v) is 16.3. The lowest BCUT2D eigenvalue weighted by molar-refractivity contribution is -0.143. The number of carbonyl (C=O) groups excluding carboxylic acids is 2. The number of nitrogens with one attached hydrogen (secondary N) is 1. The van der Waals surface area contributed by atoms with Crippen molar-refractivity contribution in [1.29, 1.82) is 0 Å².